The highest BCUT2D eigenvalue weighted by molar-refractivity contribution is 6.17. The topological polar surface area (TPSA) is 46.9 Å². The maximum absolute atomic E-state index is 11.8. The zero-order valence-corrected chi connectivity index (χ0v) is 10.5. The predicted octanol–water partition coefficient (Wildman–Crippen LogP) is 1.82. The predicted molar refractivity (Wildman–Crippen MR) is 64.9 cm³/mol. The van der Waals surface area contributed by atoms with Crippen LogP contribution in [0.1, 0.15) is 36.5 Å². The molecule has 0 radical (unpaired) electrons. The quantitative estimate of drug-likeness (QED) is 0.612. The number of carbonyl (C=O) groups excluding carboxylic acids is 1. The van der Waals surface area contributed by atoms with Gasteiger partial charge >= 0.3 is 0 Å². The molecule has 0 aliphatic heterocycles. The number of carbonyl (C=O) groups is 1. The first-order valence-electron chi connectivity index (χ1n) is 5.63. The Morgan fingerprint density at radius 2 is 2.31 bits per heavy atom. The molecule has 1 heterocycles. The average molecular weight is 244 g/mol. The summed E-state index contributed by atoms with van der Waals surface area (Å²) in [5.41, 5.74) is 1.58. The van der Waals surface area contributed by atoms with Gasteiger partial charge < -0.3 is 5.32 Å². The largest absolute Gasteiger partial charge is 0.351 e. The summed E-state index contributed by atoms with van der Waals surface area (Å²) in [5, 5.41) is 7.15. The maximum atomic E-state index is 11.8. The lowest BCUT2D eigenvalue weighted by Crippen LogP contribution is -2.27. The van der Waals surface area contributed by atoms with Gasteiger partial charge in [0.05, 0.1) is 5.69 Å². The molecular weight excluding hydrogens is 226 g/mol. The van der Waals surface area contributed by atoms with Gasteiger partial charge in [0.2, 0.25) is 0 Å². The summed E-state index contributed by atoms with van der Waals surface area (Å²) in [6.07, 6.45) is 1.63. The molecule has 5 heteroatoms. The van der Waals surface area contributed by atoms with E-state index in [4.69, 9.17) is 11.6 Å². The van der Waals surface area contributed by atoms with Gasteiger partial charge in [0, 0.05) is 19.0 Å². The van der Waals surface area contributed by atoms with Gasteiger partial charge in [-0.2, -0.15) is 5.10 Å². The fourth-order valence-corrected chi connectivity index (χ4v) is 1.56. The van der Waals surface area contributed by atoms with Crippen LogP contribution in [0.15, 0.2) is 6.07 Å². The van der Waals surface area contributed by atoms with Crippen molar-refractivity contribution in [1.29, 1.82) is 0 Å². The first-order valence-corrected chi connectivity index (χ1v) is 6.17. The molecule has 1 aromatic heterocycles. The van der Waals surface area contributed by atoms with Crippen LogP contribution >= 0.6 is 11.6 Å². The fourth-order valence-electron chi connectivity index (χ4n) is 1.43. The summed E-state index contributed by atoms with van der Waals surface area (Å²) in [4.78, 5) is 11.8. The van der Waals surface area contributed by atoms with E-state index in [1.165, 1.54) is 0 Å². The second-order valence-corrected chi connectivity index (χ2v) is 3.87. The molecule has 1 rings (SSSR count). The lowest BCUT2D eigenvalue weighted by molar-refractivity contribution is 0.0943. The number of nitrogens with zero attached hydrogens (tertiary/aromatic N) is 2. The number of nitrogens with one attached hydrogen (secondary N) is 1. The van der Waals surface area contributed by atoms with Gasteiger partial charge in [-0.3, -0.25) is 9.48 Å². The molecule has 1 aromatic rings. The molecule has 0 bridgehead atoms. The highest BCUT2D eigenvalue weighted by Gasteiger charge is 2.12. The third-order valence-corrected chi connectivity index (χ3v) is 2.59. The number of halogens is 1. The van der Waals surface area contributed by atoms with E-state index in [-0.39, 0.29) is 5.91 Å². The molecule has 0 atom stereocenters. The zero-order chi connectivity index (χ0) is 12.0. The summed E-state index contributed by atoms with van der Waals surface area (Å²) in [7, 11) is 0. The monoisotopic (exact) mass is 243 g/mol. The fraction of sp³-hybridized carbons (Fsp3) is 0.636. The molecule has 0 unspecified atom stereocenters. The van der Waals surface area contributed by atoms with E-state index in [9.17, 15) is 4.79 Å². The van der Waals surface area contributed by atoms with Crippen LogP contribution in [0, 0.1) is 0 Å². The van der Waals surface area contributed by atoms with Crippen LogP contribution in [-0.2, 0) is 13.0 Å². The SMILES string of the molecule is CCc1cc(C(=O)NCCCCl)n(CC)n1. The summed E-state index contributed by atoms with van der Waals surface area (Å²) in [5.74, 6) is 0.493. The standard InChI is InChI=1S/C11H18ClN3O/c1-3-9-8-10(15(4-2)14-9)11(16)13-7-5-6-12/h8H,3-7H2,1-2H3,(H,13,16). The Hall–Kier alpha value is -1.03. The molecule has 1 amide bonds. The molecule has 0 aromatic carbocycles. The van der Waals surface area contributed by atoms with E-state index in [2.05, 4.69) is 10.4 Å². The highest BCUT2D eigenvalue weighted by atomic mass is 35.5. The van der Waals surface area contributed by atoms with Gasteiger partial charge in [-0.25, -0.2) is 0 Å². The molecule has 0 fully saturated rings. The smallest absolute Gasteiger partial charge is 0.269 e. The Labute approximate surface area is 101 Å². The van der Waals surface area contributed by atoms with Crippen LogP contribution in [0.2, 0.25) is 0 Å². The minimum Gasteiger partial charge on any atom is -0.351 e. The lowest BCUT2D eigenvalue weighted by Gasteiger charge is -2.05. The number of amides is 1. The van der Waals surface area contributed by atoms with Crippen molar-refractivity contribution < 1.29 is 4.79 Å². The lowest BCUT2D eigenvalue weighted by atomic mass is 10.3. The third-order valence-electron chi connectivity index (χ3n) is 2.32. The average Bonchev–Trinajstić information content (AvgIpc) is 2.72. The van der Waals surface area contributed by atoms with Crippen LogP contribution in [0.25, 0.3) is 0 Å². The molecule has 1 N–H and O–H groups in total. The van der Waals surface area contributed by atoms with E-state index in [1.807, 2.05) is 19.9 Å². The Balaban J connectivity index is 2.69. The number of hydrogen-bond acceptors (Lipinski definition) is 2. The summed E-state index contributed by atoms with van der Waals surface area (Å²) in [6.45, 7) is 5.32. The first kappa shape index (κ1) is 13.0. The van der Waals surface area contributed by atoms with Crippen LogP contribution in [-0.4, -0.2) is 28.1 Å². The first-order chi connectivity index (χ1) is 7.72. The Morgan fingerprint density at radius 1 is 1.56 bits per heavy atom. The van der Waals surface area contributed by atoms with Crippen molar-refractivity contribution in [1.82, 2.24) is 15.1 Å². The zero-order valence-electron chi connectivity index (χ0n) is 9.79. The minimum absolute atomic E-state index is 0.0702. The van der Waals surface area contributed by atoms with Gasteiger partial charge in [0.1, 0.15) is 5.69 Å². The molecule has 0 saturated heterocycles. The second-order valence-electron chi connectivity index (χ2n) is 3.49. The normalized spacial score (nSPS) is 10.4. The molecule has 16 heavy (non-hydrogen) atoms. The maximum Gasteiger partial charge on any atom is 0.269 e. The van der Waals surface area contributed by atoms with Crippen LogP contribution in [0.4, 0.5) is 0 Å². The molecule has 4 nitrogen and oxygen atoms in total. The third kappa shape index (κ3) is 3.23. The van der Waals surface area contributed by atoms with Crippen LogP contribution in [0.3, 0.4) is 0 Å². The van der Waals surface area contributed by atoms with Crippen molar-refractivity contribution in [3.8, 4) is 0 Å². The Morgan fingerprint density at radius 3 is 2.88 bits per heavy atom. The van der Waals surface area contributed by atoms with E-state index >= 15 is 0 Å². The van der Waals surface area contributed by atoms with Crippen molar-refractivity contribution >= 4 is 17.5 Å². The number of rotatable bonds is 6. The Bertz CT molecular complexity index is 349. The number of alkyl halides is 1. The van der Waals surface area contributed by atoms with Gasteiger partial charge in [0.25, 0.3) is 5.91 Å². The van der Waals surface area contributed by atoms with Crippen LogP contribution < -0.4 is 5.32 Å². The van der Waals surface area contributed by atoms with E-state index < -0.39 is 0 Å². The van der Waals surface area contributed by atoms with Crippen molar-refractivity contribution in [2.24, 2.45) is 0 Å². The van der Waals surface area contributed by atoms with Crippen molar-refractivity contribution in [3.63, 3.8) is 0 Å². The molecule has 0 spiro atoms. The molecule has 90 valence electrons. The van der Waals surface area contributed by atoms with Crippen molar-refractivity contribution in [3.05, 3.63) is 17.5 Å². The van der Waals surface area contributed by atoms with E-state index in [0.717, 1.165) is 18.5 Å². The van der Waals surface area contributed by atoms with Gasteiger partial charge in [-0.05, 0) is 25.8 Å². The highest BCUT2D eigenvalue weighted by Crippen LogP contribution is 2.05. The van der Waals surface area contributed by atoms with Gasteiger partial charge in [-0.1, -0.05) is 6.92 Å². The molecule has 0 saturated carbocycles. The molecule has 0 aliphatic rings. The molecule has 0 aliphatic carbocycles. The van der Waals surface area contributed by atoms with Crippen molar-refractivity contribution in [2.75, 3.05) is 12.4 Å². The van der Waals surface area contributed by atoms with Crippen molar-refractivity contribution in [2.45, 2.75) is 33.2 Å². The second kappa shape index (κ2) is 6.53. The summed E-state index contributed by atoms with van der Waals surface area (Å²) < 4.78 is 1.73. The minimum atomic E-state index is -0.0702. The van der Waals surface area contributed by atoms with E-state index in [0.29, 0.717) is 24.7 Å². The summed E-state index contributed by atoms with van der Waals surface area (Å²) in [6, 6.07) is 1.85. The van der Waals surface area contributed by atoms with Gasteiger partial charge in [-0.15, -0.1) is 11.6 Å². The van der Waals surface area contributed by atoms with Crippen LogP contribution in [0.5, 0.6) is 0 Å². The molecular formula is C11H18ClN3O. The summed E-state index contributed by atoms with van der Waals surface area (Å²) >= 11 is 5.55. The number of aryl methyl sites for hydroxylation is 2. The van der Waals surface area contributed by atoms with E-state index in [1.54, 1.807) is 4.68 Å². The van der Waals surface area contributed by atoms with Gasteiger partial charge in [0.15, 0.2) is 0 Å². The number of hydrogen-bond donors (Lipinski definition) is 1. The Kier molecular flexibility index (Phi) is 5.32. The number of aromatic nitrogens is 2.